The summed E-state index contributed by atoms with van der Waals surface area (Å²) in [5, 5.41) is 13.6. The van der Waals surface area contributed by atoms with Crippen molar-refractivity contribution in [2.75, 3.05) is 19.6 Å². The zero-order chi connectivity index (χ0) is 20.4. The second-order valence-corrected chi connectivity index (χ2v) is 8.39. The summed E-state index contributed by atoms with van der Waals surface area (Å²) in [4.78, 5) is 15.2. The van der Waals surface area contributed by atoms with E-state index in [-0.39, 0.29) is 0 Å². The zero-order valence-corrected chi connectivity index (χ0v) is 16.9. The van der Waals surface area contributed by atoms with Gasteiger partial charge in [-0.15, -0.1) is 0 Å². The van der Waals surface area contributed by atoms with Crippen LogP contribution in [0.5, 0.6) is 0 Å². The lowest BCUT2D eigenvalue weighted by Crippen LogP contribution is -2.29. The third kappa shape index (κ3) is 2.68. The largest absolute Gasteiger partial charge is 0.472 e. The van der Waals surface area contributed by atoms with Crippen molar-refractivity contribution in [3.8, 4) is 22.8 Å². The first-order valence-corrected chi connectivity index (χ1v) is 10.7. The van der Waals surface area contributed by atoms with E-state index in [2.05, 4.69) is 42.7 Å². The molecule has 4 aromatic rings. The van der Waals surface area contributed by atoms with Crippen molar-refractivity contribution >= 4 is 22.8 Å². The predicted octanol–water partition coefficient (Wildman–Crippen LogP) is 1.71. The third-order valence-electron chi connectivity index (χ3n) is 6.50. The number of aromatic amines is 2. The van der Waals surface area contributed by atoms with Crippen molar-refractivity contribution < 1.29 is 4.42 Å². The summed E-state index contributed by atoms with van der Waals surface area (Å²) in [6, 6.07) is 3.85. The molecule has 31 heavy (non-hydrogen) atoms. The molecule has 8 nitrogen and oxygen atoms in total. The Bertz CT molecular complexity index is 1450. The quantitative estimate of drug-likeness (QED) is 0.444. The molecule has 0 aliphatic carbocycles. The molecule has 3 aliphatic rings. The molecule has 3 aliphatic heterocycles. The van der Waals surface area contributed by atoms with Crippen LogP contribution in [0.2, 0.25) is 0 Å². The number of pyridine rings is 1. The van der Waals surface area contributed by atoms with Crippen molar-refractivity contribution in [3.63, 3.8) is 0 Å². The van der Waals surface area contributed by atoms with Crippen LogP contribution < -0.4 is 15.9 Å². The molecule has 8 heteroatoms. The molecule has 0 unspecified atom stereocenters. The minimum atomic E-state index is 0.573. The summed E-state index contributed by atoms with van der Waals surface area (Å²) in [5.74, 6) is 1.32. The number of furan rings is 1. The smallest absolute Gasteiger partial charge is 0.159 e. The molecule has 0 amide bonds. The molecular weight excluding hydrogens is 390 g/mol. The second-order valence-electron chi connectivity index (χ2n) is 8.39. The maximum atomic E-state index is 5.25. The number of piperidine rings is 1. The van der Waals surface area contributed by atoms with E-state index >= 15 is 0 Å². The van der Waals surface area contributed by atoms with Gasteiger partial charge in [0.1, 0.15) is 16.9 Å². The molecule has 0 spiro atoms. The monoisotopic (exact) mass is 411 g/mol. The van der Waals surface area contributed by atoms with Crippen LogP contribution in [0, 0.1) is 5.92 Å². The highest BCUT2D eigenvalue weighted by Crippen LogP contribution is 2.31. The molecule has 0 bridgehead atoms. The average molecular weight is 411 g/mol. The summed E-state index contributed by atoms with van der Waals surface area (Å²) < 4.78 is 5.25. The number of nitrogens with zero attached hydrogens (tertiary/aromatic N) is 4. The van der Waals surface area contributed by atoms with Crippen molar-refractivity contribution in [2.45, 2.75) is 12.8 Å². The van der Waals surface area contributed by atoms with Crippen molar-refractivity contribution in [1.82, 2.24) is 35.4 Å². The Hall–Kier alpha value is -3.65. The van der Waals surface area contributed by atoms with Crippen molar-refractivity contribution in [3.05, 3.63) is 53.2 Å². The SMILES string of the molecule is C1=C(C2CCNCC2)C=c2c(-c3nc4c(-c5ccoc5)nccc4[nH]3)n[nH]c2=C2CN12. The molecule has 0 saturated carbocycles. The lowest BCUT2D eigenvalue weighted by Gasteiger charge is -2.23. The summed E-state index contributed by atoms with van der Waals surface area (Å²) >= 11 is 0. The van der Waals surface area contributed by atoms with Gasteiger partial charge in [-0.1, -0.05) is 0 Å². The number of hydrogen-bond acceptors (Lipinski definition) is 6. The Kier molecular flexibility index (Phi) is 3.54. The van der Waals surface area contributed by atoms with E-state index in [0.29, 0.717) is 5.92 Å². The lowest BCUT2D eigenvalue weighted by atomic mass is 9.89. The maximum absolute atomic E-state index is 5.25. The van der Waals surface area contributed by atoms with E-state index in [0.717, 1.165) is 64.0 Å². The van der Waals surface area contributed by atoms with Crippen LogP contribution in [-0.2, 0) is 0 Å². The van der Waals surface area contributed by atoms with Gasteiger partial charge < -0.3 is 19.6 Å². The van der Waals surface area contributed by atoms with Gasteiger partial charge in [-0.05, 0) is 55.6 Å². The highest BCUT2D eigenvalue weighted by atomic mass is 16.3. The van der Waals surface area contributed by atoms with Gasteiger partial charge in [-0.3, -0.25) is 10.1 Å². The topological polar surface area (TPSA) is 98.4 Å². The molecule has 7 rings (SSSR count). The number of aromatic nitrogens is 5. The number of fused-ring (bicyclic) bond motifs is 3. The fourth-order valence-corrected chi connectivity index (χ4v) is 4.78. The van der Waals surface area contributed by atoms with E-state index < -0.39 is 0 Å². The van der Waals surface area contributed by atoms with Crippen LogP contribution in [0.1, 0.15) is 12.8 Å². The molecule has 2 saturated heterocycles. The highest BCUT2D eigenvalue weighted by molar-refractivity contribution is 5.91. The first-order chi connectivity index (χ1) is 15.3. The minimum absolute atomic E-state index is 0.573. The van der Waals surface area contributed by atoms with E-state index in [1.54, 1.807) is 18.7 Å². The van der Waals surface area contributed by atoms with Crippen LogP contribution in [0.3, 0.4) is 0 Å². The minimum Gasteiger partial charge on any atom is -0.472 e. The van der Waals surface area contributed by atoms with Gasteiger partial charge in [0.15, 0.2) is 5.82 Å². The highest BCUT2D eigenvalue weighted by Gasteiger charge is 2.30. The van der Waals surface area contributed by atoms with Gasteiger partial charge in [0.25, 0.3) is 0 Å². The standard InChI is InChI=1S/C23H21N7O/c1-5-24-6-2-13(1)15-9-16-20(18-11-30(18)10-15)28-29-21(16)23-26-17-3-7-25-19(22(17)27-23)14-4-8-31-12-14/h3-4,7-10,12-13,24,28H,1-2,5-6,11H2,(H,26,27). The fourth-order valence-electron chi connectivity index (χ4n) is 4.78. The van der Waals surface area contributed by atoms with E-state index in [4.69, 9.17) is 9.40 Å². The second kappa shape index (κ2) is 6.42. The van der Waals surface area contributed by atoms with Crippen molar-refractivity contribution in [1.29, 1.82) is 0 Å². The number of H-pyrrole nitrogens is 2. The van der Waals surface area contributed by atoms with Gasteiger partial charge in [0, 0.05) is 23.2 Å². The summed E-state index contributed by atoms with van der Waals surface area (Å²) in [6.07, 6.45) is 12.1. The molecule has 0 atom stereocenters. The first-order valence-electron chi connectivity index (χ1n) is 10.7. The van der Waals surface area contributed by atoms with E-state index in [1.165, 1.54) is 24.1 Å². The maximum Gasteiger partial charge on any atom is 0.159 e. The molecular formula is C23H21N7O. The van der Waals surface area contributed by atoms with Crippen LogP contribution in [0.4, 0.5) is 0 Å². The van der Waals surface area contributed by atoms with Crippen LogP contribution in [0.15, 0.2) is 47.0 Å². The van der Waals surface area contributed by atoms with Gasteiger partial charge in [-0.2, -0.15) is 5.10 Å². The molecule has 2 fully saturated rings. The number of nitrogens with one attached hydrogen (secondary N) is 3. The normalized spacial score (nSPS) is 18.4. The molecule has 0 radical (unpaired) electrons. The van der Waals surface area contributed by atoms with Crippen molar-refractivity contribution in [2.24, 2.45) is 5.92 Å². The van der Waals surface area contributed by atoms with Crippen LogP contribution in [0.25, 0.3) is 45.6 Å². The van der Waals surface area contributed by atoms with Crippen LogP contribution >= 0.6 is 0 Å². The third-order valence-corrected chi connectivity index (χ3v) is 6.50. The molecule has 4 aromatic heterocycles. The average Bonchev–Trinajstić information content (AvgIpc) is 3.18. The number of rotatable bonds is 3. The van der Waals surface area contributed by atoms with E-state index in [9.17, 15) is 0 Å². The fraction of sp³-hybridized carbons (Fsp3) is 0.261. The molecule has 7 heterocycles. The summed E-state index contributed by atoms with van der Waals surface area (Å²) in [6.45, 7) is 3.11. The van der Waals surface area contributed by atoms with E-state index in [1.807, 2.05) is 12.1 Å². The summed E-state index contributed by atoms with van der Waals surface area (Å²) in [7, 11) is 0. The molecule has 154 valence electrons. The number of allylic oxidation sites excluding steroid dienone is 1. The Labute approximate surface area is 177 Å². The Morgan fingerprint density at radius 1 is 1.13 bits per heavy atom. The van der Waals surface area contributed by atoms with Gasteiger partial charge in [0.05, 0.1) is 35.6 Å². The van der Waals surface area contributed by atoms with Gasteiger partial charge >= 0.3 is 0 Å². The number of imidazole rings is 1. The Morgan fingerprint density at radius 3 is 2.94 bits per heavy atom. The summed E-state index contributed by atoms with van der Waals surface area (Å²) in [5.41, 5.74) is 7.00. The Balaban J connectivity index is 1.40. The Morgan fingerprint density at radius 2 is 2.06 bits per heavy atom. The predicted molar refractivity (Wildman–Crippen MR) is 117 cm³/mol. The van der Waals surface area contributed by atoms with Crippen LogP contribution in [-0.4, -0.2) is 49.7 Å². The lowest BCUT2D eigenvalue weighted by molar-refractivity contribution is 0.425. The first kappa shape index (κ1) is 17.1. The number of hydrogen-bond donors (Lipinski definition) is 3. The molecule has 3 N–H and O–H groups in total. The molecule has 0 aromatic carbocycles. The zero-order valence-electron chi connectivity index (χ0n) is 16.9. The van der Waals surface area contributed by atoms with Gasteiger partial charge in [0.2, 0.25) is 0 Å². The van der Waals surface area contributed by atoms with Gasteiger partial charge in [-0.25, -0.2) is 4.98 Å².